The molecule has 0 aliphatic carbocycles. The molecule has 0 aliphatic heterocycles. The average molecular weight is 421 g/mol. The van der Waals surface area contributed by atoms with Gasteiger partial charge in [0.05, 0.1) is 12.5 Å². The molecule has 1 heterocycles. The number of rotatable bonds is 10. The number of aliphatic carboxylic acids is 1. The summed E-state index contributed by atoms with van der Waals surface area (Å²) in [6.45, 7) is 4.31. The van der Waals surface area contributed by atoms with E-state index < -0.39 is 5.97 Å². The monoisotopic (exact) mass is 420 g/mol. The first-order valence-corrected chi connectivity index (χ1v) is 10.6. The van der Waals surface area contributed by atoms with E-state index in [-0.39, 0.29) is 24.9 Å². The van der Waals surface area contributed by atoms with Gasteiger partial charge in [-0.05, 0) is 36.8 Å². The van der Waals surface area contributed by atoms with E-state index in [2.05, 4.69) is 30.5 Å². The molecule has 1 unspecified atom stereocenters. The van der Waals surface area contributed by atoms with Crippen LogP contribution in [0.1, 0.15) is 54.4 Å². The summed E-state index contributed by atoms with van der Waals surface area (Å²) in [7, 11) is 0. The third-order valence-corrected chi connectivity index (χ3v) is 5.12. The van der Waals surface area contributed by atoms with E-state index in [1.54, 1.807) is 12.1 Å². The fraction of sp³-hybridized carbons (Fsp3) is 0.280. The van der Waals surface area contributed by atoms with Gasteiger partial charge in [-0.2, -0.15) is 0 Å². The number of furan rings is 1. The summed E-state index contributed by atoms with van der Waals surface area (Å²) in [5, 5.41) is 14.8. The SMILES string of the molecule is CCc1oc(-c2ccccc2)cc1C(CC)Nc1ccc(C(=O)NCCC(=O)O)cc1. The Hall–Kier alpha value is -3.54. The fourth-order valence-electron chi connectivity index (χ4n) is 3.46. The second-order valence-corrected chi connectivity index (χ2v) is 7.29. The lowest BCUT2D eigenvalue weighted by atomic mass is 10.0. The van der Waals surface area contributed by atoms with Crippen molar-refractivity contribution in [3.63, 3.8) is 0 Å². The Kier molecular flexibility index (Phi) is 7.49. The summed E-state index contributed by atoms with van der Waals surface area (Å²) in [5.74, 6) is 0.607. The third kappa shape index (κ3) is 5.75. The molecule has 0 bridgehead atoms. The minimum atomic E-state index is -0.938. The molecule has 1 amide bonds. The second kappa shape index (κ2) is 10.5. The predicted molar refractivity (Wildman–Crippen MR) is 121 cm³/mol. The summed E-state index contributed by atoms with van der Waals surface area (Å²) >= 11 is 0. The molecule has 6 heteroatoms. The maximum atomic E-state index is 12.1. The number of anilines is 1. The van der Waals surface area contributed by atoms with Crippen LogP contribution in [0, 0.1) is 0 Å². The highest BCUT2D eigenvalue weighted by Gasteiger charge is 2.19. The number of carboxylic acid groups (broad SMARTS) is 1. The van der Waals surface area contributed by atoms with E-state index >= 15 is 0 Å². The Morgan fingerprint density at radius 2 is 1.74 bits per heavy atom. The van der Waals surface area contributed by atoms with Gasteiger partial charge in [-0.1, -0.05) is 44.2 Å². The summed E-state index contributed by atoms with van der Waals surface area (Å²) in [6.07, 6.45) is 1.58. The molecule has 3 aromatic rings. The zero-order valence-electron chi connectivity index (χ0n) is 17.9. The first kappa shape index (κ1) is 22.2. The van der Waals surface area contributed by atoms with Gasteiger partial charge in [0.1, 0.15) is 11.5 Å². The van der Waals surface area contributed by atoms with Crippen LogP contribution in [0.5, 0.6) is 0 Å². The molecule has 6 nitrogen and oxygen atoms in total. The molecule has 1 atom stereocenters. The molecule has 0 saturated heterocycles. The summed E-state index contributed by atoms with van der Waals surface area (Å²) in [6, 6.07) is 19.4. The lowest BCUT2D eigenvalue weighted by molar-refractivity contribution is -0.136. The maximum Gasteiger partial charge on any atom is 0.305 e. The van der Waals surface area contributed by atoms with Crippen LogP contribution in [0.3, 0.4) is 0 Å². The number of carboxylic acids is 1. The van der Waals surface area contributed by atoms with E-state index in [0.29, 0.717) is 5.56 Å². The van der Waals surface area contributed by atoms with Crippen molar-refractivity contribution in [2.24, 2.45) is 0 Å². The molecule has 162 valence electrons. The number of aryl methyl sites for hydroxylation is 1. The van der Waals surface area contributed by atoms with Crippen LogP contribution in [0.15, 0.2) is 65.1 Å². The average Bonchev–Trinajstić information content (AvgIpc) is 3.22. The van der Waals surface area contributed by atoms with E-state index in [1.165, 1.54) is 0 Å². The molecule has 0 radical (unpaired) electrons. The van der Waals surface area contributed by atoms with Crippen molar-refractivity contribution in [2.45, 2.75) is 39.2 Å². The minimum absolute atomic E-state index is 0.0754. The molecule has 2 aromatic carbocycles. The lowest BCUT2D eigenvalue weighted by Gasteiger charge is -2.18. The number of hydrogen-bond donors (Lipinski definition) is 3. The summed E-state index contributed by atoms with van der Waals surface area (Å²) in [5.41, 5.74) is 3.59. The Balaban J connectivity index is 1.72. The number of amides is 1. The number of nitrogens with one attached hydrogen (secondary N) is 2. The van der Waals surface area contributed by atoms with Gasteiger partial charge in [0.2, 0.25) is 0 Å². The van der Waals surface area contributed by atoms with Crippen LogP contribution in [0.2, 0.25) is 0 Å². The molecule has 3 rings (SSSR count). The first-order chi connectivity index (χ1) is 15.0. The zero-order chi connectivity index (χ0) is 22.2. The van der Waals surface area contributed by atoms with Crippen LogP contribution in [0.4, 0.5) is 5.69 Å². The van der Waals surface area contributed by atoms with Crippen molar-refractivity contribution in [3.8, 4) is 11.3 Å². The second-order valence-electron chi connectivity index (χ2n) is 7.29. The third-order valence-electron chi connectivity index (χ3n) is 5.12. The highest BCUT2D eigenvalue weighted by molar-refractivity contribution is 5.94. The molecular weight excluding hydrogens is 392 g/mol. The molecule has 0 aliphatic rings. The lowest BCUT2D eigenvalue weighted by Crippen LogP contribution is -2.25. The summed E-state index contributed by atoms with van der Waals surface area (Å²) in [4.78, 5) is 22.7. The number of hydrogen-bond acceptors (Lipinski definition) is 4. The largest absolute Gasteiger partial charge is 0.481 e. The zero-order valence-corrected chi connectivity index (χ0v) is 17.9. The Labute approximate surface area is 182 Å². The normalized spacial score (nSPS) is 11.7. The van der Waals surface area contributed by atoms with Crippen molar-refractivity contribution in [3.05, 3.63) is 77.6 Å². The van der Waals surface area contributed by atoms with Crippen LogP contribution >= 0.6 is 0 Å². The van der Waals surface area contributed by atoms with E-state index in [9.17, 15) is 9.59 Å². The molecular formula is C25H28N2O4. The quantitative estimate of drug-likeness (QED) is 0.415. The molecule has 0 fully saturated rings. The minimum Gasteiger partial charge on any atom is -0.481 e. The highest BCUT2D eigenvalue weighted by Crippen LogP contribution is 2.33. The van der Waals surface area contributed by atoms with Gasteiger partial charge >= 0.3 is 5.97 Å². The summed E-state index contributed by atoms with van der Waals surface area (Å²) < 4.78 is 6.14. The Morgan fingerprint density at radius 1 is 1.03 bits per heavy atom. The van der Waals surface area contributed by atoms with Gasteiger partial charge in [-0.15, -0.1) is 0 Å². The highest BCUT2D eigenvalue weighted by atomic mass is 16.4. The molecule has 31 heavy (non-hydrogen) atoms. The number of benzene rings is 2. The van der Waals surface area contributed by atoms with Gasteiger partial charge < -0.3 is 20.2 Å². The topological polar surface area (TPSA) is 91.6 Å². The van der Waals surface area contributed by atoms with Crippen molar-refractivity contribution in [1.82, 2.24) is 5.32 Å². The first-order valence-electron chi connectivity index (χ1n) is 10.6. The van der Waals surface area contributed by atoms with Gasteiger partial charge in [-0.25, -0.2) is 0 Å². The molecule has 3 N–H and O–H groups in total. The predicted octanol–water partition coefficient (Wildman–Crippen LogP) is 5.28. The molecule has 0 saturated carbocycles. The van der Waals surface area contributed by atoms with Gasteiger partial charge in [0.25, 0.3) is 5.91 Å². The Bertz CT molecular complexity index is 1010. The van der Waals surface area contributed by atoms with Crippen molar-refractivity contribution in [1.29, 1.82) is 0 Å². The van der Waals surface area contributed by atoms with Crippen molar-refractivity contribution in [2.75, 3.05) is 11.9 Å². The van der Waals surface area contributed by atoms with Crippen LogP contribution in [0.25, 0.3) is 11.3 Å². The molecule has 1 aromatic heterocycles. The number of carbonyl (C=O) groups is 2. The number of carbonyl (C=O) groups excluding carboxylic acids is 1. The van der Waals surface area contributed by atoms with E-state index in [1.807, 2.05) is 42.5 Å². The molecule has 0 spiro atoms. The van der Waals surface area contributed by atoms with Gasteiger partial charge in [0.15, 0.2) is 0 Å². The van der Waals surface area contributed by atoms with Crippen molar-refractivity contribution >= 4 is 17.6 Å². The smallest absolute Gasteiger partial charge is 0.305 e. The van der Waals surface area contributed by atoms with Crippen LogP contribution < -0.4 is 10.6 Å². The van der Waals surface area contributed by atoms with Gasteiger partial charge in [0, 0.05) is 35.3 Å². The van der Waals surface area contributed by atoms with Crippen LogP contribution in [-0.2, 0) is 11.2 Å². The maximum absolute atomic E-state index is 12.1. The standard InChI is InChI=1S/C25H28N2O4/c1-3-21(20-16-23(31-22(20)4-2)17-8-6-5-7-9-17)27-19-12-10-18(11-13-19)25(30)26-15-14-24(28)29/h5-13,16,21,27H,3-4,14-15H2,1-2H3,(H,26,30)(H,28,29). The van der Waals surface area contributed by atoms with E-state index in [4.69, 9.17) is 9.52 Å². The van der Waals surface area contributed by atoms with E-state index in [0.717, 1.165) is 41.2 Å². The van der Waals surface area contributed by atoms with Crippen LogP contribution in [-0.4, -0.2) is 23.5 Å². The fourth-order valence-corrected chi connectivity index (χ4v) is 3.46. The van der Waals surface area contributed by atoms with Crippen molar-refractivity contribution < 1.29 is 19.1 Å². The Morgan fingerprint density at radius 3 is 2.35 bits per heavy atom. The van der Waals surface area contributed by atoms with Gasteiger partial charge in [-0.3, -0.25) is 9.59 Å².